The van der Waals surface area contributed by atoms with Crippen LogP contribution in [-0.2, 0) is 5.41 Å². The Balaban J connectivity index is 1.83. The highest BCUT2D eigenvalue weighted by Gasteiger charge is 2.59. The summed E-state index contributed by atoms with van der Waals surface area (Å²) in [6, 6.07) is 19.2. The Labute approximate surface area is 191 Å². The van der Waals surface area contributed by atoms with Gasteiger partial charge < -0.3 is 5.32 Å². The molecule has 1 saturated heterocycles. The van der Waals surface area contributed by atoms with Crippen LogP contribution in [0.25, 0.3) is 0 Å². The highest BCUT2D eigenvalue weighted by molar-refractivity contribution is 6.34. The van der Waals surface area contributed by atoms with Crippen LogP contribution in [0.1, 0.15) is 28.8 Å². The topological polar surface area (TPSA) is 29.1 Å². The Bertz CT molecular complexity index is 1180. The zero-order valence-electron chi connectivity index (χ0n) is 16.9. The number of amides is 1. The highest BCUT2D eigenvalue weighted by atomic mass is 35.5. The third-order valence-electron chi connectivity index (χ3n) is 6.76. The average molecular weight is 456 g/mol. The monoisotopic (exact) mass is 455 g/mol. The molecule has 0 aliphatic carbocycles. The number of benzene rings is 3. The Hall–Kier alpha value is -2.24. The highest BCUT2D eigenvalue weighted by Crippen LogP contribution is 2.56. The van der Waals surface area contributed by atoms with Gasteiger partial charge in [-0.25, -0.2) is 9.18 Å². The van der Waals surface area contributed by atoms with E-state index in [1.807, 2.05) is 30.3 Å². The minimum Gasteiger partial charge on any atom is -0.317 e. The van der Waals surface area contributed by atoms with Crippen LogP contribution in [0, 0.1) is 5.82 Å². The second-order valence-electron chi connectivity index (χ2n) is 8.40. The maximum atomic E-state index is 14.9. The molecule has 0 radical (unpaired) electrons. The molecule has 31 heavy (non-hydrogen) atoms. The lowest BCUT2D eigenvalue weighted by molar-refractivity contribution is 0.0814. The van der Waals surface area contributed by atoms with E-state index in [4.69, 9.17) is 23.2 Å². The first-order chi connectivity index (χ1) is 15.0. The second-order valence-corrected chi connectivity index (χ2v) is 9.24. The number of fused-ring (bicyclic) bond motifs is 2. The van der Waals surface area contributed by atoms with Crippen molar-refractivity contribution in [3.8, 4) is 0 Å². The third-order valence-corrected chi connectivity index (χ3v) is 7.31. The molecule has 2 heterocycles. The summed E-state index contributed by atoms with van der Waals surface area (Å²) in [5.41, 5.74) is 2.37. The van der Waals surface area contributed by atoms with Crippen LogP contribution >= 0.6 is 23.2 Å². The van der Waals surface area contributed by atoms with Gasteiger partial charge in [-0.05, 0) is 56.3 Å². The van der Waals surface area contributed by atoms with E-state index in [9.17, 15) is 9.18 Å². The van der Waals surface area contributed by atoms with Crippen LogP contribution in [0.2, 0.25) is 10.0 Å². The Kier molecular flexibility index (Phi) is 5.14. The maximum absolute atomic E-state index is 14.9. The van der Waals surface area contributed by atoms with Gasteiger partial charge in [-0.15, -0.1) is 0 Å². The van der Waals surface area contributed by atoms with Gasteiger partial charge in [0, 0.05) is 22.7 Å². The van der Waals surface area contributed by atoms with Gasteiger partial charge in [-0.2, -0.15) is 4.48 Å². The van der Waals surface area contributed by atoms with E-state index >= 15 is 0 Å². The molecule has 2 aliphatic heterocycles. The molecule has 6 heteroatoms. The quantitative estimate of drug-likeness (QED) is 0.462. The van der Waals surface area contributed by atoms with Crippen molar-refractivity contribution in [2.75, 3.05) is 19.6 Å². The van der Waals surface area contributed by atoms with E-state index in [1.165, 1.54) is 6.07 Å². The van der Waals surface area contributed by atoms with Crippen molar-refractivity contribution in [1.82, 2.24) is 9.80 Å². The zero-order valence-corrected chi connectivity index (χ0v) is 18.4. The molecule has 1 amide bonds. The second kappa shape index (κ2) is 7.72. The number of rotatable bonds is 2. The standard InChI is InChI=1S/C25H22Cl2FN2O/c26-17-9-10-22-19(15-17)25(11-13-29-14-12-25)16-30(22,23-8-4-2-6-20(23)27)24(31)18-5-1-3-7-21(18)28/h1-10,15,29H,11-14,16H2/q+1. The summed E-state index contributed by atoms with van der Waals surface area (Å²) >= 11 is 13.1. The fraction of sp³-hybridized carbons (Fsp3) is 0.240. The number of para-hydroxylation sites is 1. The van der Waals surface area contributed by atoms with E-state index in [0.29, 0.717) is 22.3 Å². The minimum atomic E-state index is -0.529. The Morgan fingerprint density at radius 2 is 1.65 bits per heavy atom. The lowest BCUT2D eigenvalue weighted by Gasteiger charge is -2.37. The Morgan fingerprint density at radius 1 is 0.935 bits per heavy atom. The van der Waals surface area contributed by atoms with Crippen molar-refractivity contribution in [1.29, 1.82) is 0 Å². The number of hydrogen-bond donors (Lipinski definition) is 1. The lowest BCUT2D eigenvalue weighted by Crippen LogP contribution is -2.54. The smallest absolute Gasteiger partial charge is 0.317 e. The van der Waals surface area contributed by atoms with Crippen molar-refractivity contribution in [3.05, 3.63) is 93.7 Å². The van der Waals surface area contributed by atoms with Gasteiger partial charge in [0.2, 0.25) is 0 Å². The normalized spacial score (nSPS) is 21.8. The number of nitrogens with zero attached hydrogens (tertiary/aromatic N) is 1. The number of quaternary nitrogens is 1. The number of carbonyl (C=O) groups excluding carboxylic acids is 1. The van der Waals surface area contributed by atoms with Crippen molar-refractivity contribution in [2.24, 2.45) is 0 Å². The van der Waals surface area contributed by atoms with Crippen LogP contribution in [0.4, 0.5) is 15.8 Å². The predicted molar refractivity (Wildman–Crippen MR) is 124 cm³/mol. The van der Waals surface area contributed by atoms with Gasteiger partial charge in [0.05, 0.1) is 5.41 Å². The van der Waals surface area contributed by atoms with Gasteiger partial charge in [0.15, 0.2) is 5.69 Å². The van der Waals surface area contributed by atoms with Crippen molar-refractivity contribution in [2.45, 2.75) is 18.3 Å². The molecule has 0 saturated carbocycles. The summed E-state index contributed by atoms with van der Waals surface area (Å²) in [6.07, 6.45) is 1.74. The van der Waals surface area contributed by atoms with Crippen LogP contribution in [0.15, 0.2) is 66.7 Å². The van der Waals surface area contributed by atoms with E-state index in [0.717, 1.165) is 37.2 Å². The lowest BCUT2D eigenvalue weighted by atomic mass is 9.75. The van der Waals surface area contributed by atoms with Gasteiger partial charge in [0.25, 0.3) is 0 Å². The maximum Gasteiger partial charge on any atom is 0.359 e. The largest absolute Gasteiger partial charge is 0.359 e. The number of hydrogen-bond acceptors (Lipinski definition) is 2. The van der Waals surface area contributed by atoms with E-state index in [2.05, 4.69) is 5.32 Å². The van der Waals surface area contributed by atoms with Crippen LogP contribution in [-0.4, -0.2) is 25.5 Å². The fourth-order valence-electron chi connectivity index (χ4n) is 5.33. The minimum absolute atomic E-state index is 0.0642. The summed E-state index contributed by atoms with van der Waals surface area (Å²) in [7, 11) is 0. The zero-order chi connectivity index (χ0) is 21.6. The number of nitrogens with one attached hydrogen (secondary N) is 1. The molecule has 1 fully saturated rings. The van der Waals surface area contributed by atoms with Crippen molar-refractivity contribution < 1.29 is 9.18 Å². The molecule has 3 aromatic rings. The molecule has 1 N–H and O–H groups in total. The molecule has 0 bridgehead atoms. The van der Waals surface area contributed by atoms with Gasteiger partial charge in [-0.3, -0.25) is 0 Å². The first-order valence-corrected chi connectivity index (χ1v) is 11.2. The first kappa shape index (κ1) is 20.7. The van der Waals surface area contributed by atoms with E-state index < -0.39 is 5.82 Å². The number of halogens is 3. The summed E-state index contributed by atoms with van der Waals surface area (Å²) in [4.78, 5) is 14.2. The van der Waals surface area contributed by atoms with E-state index in [-0.39, 0.29) is 21.4 Å². The third kappa shape index (κ3) is 3.13. The summed E-state index contributed by atoms with van der Waals surface area (Å²) in [5.74, 6) is -0.844. The van der Waals surface area contributed by atoms with Gasteiger partial charge >= 0.3 is 5.91 Å². The number of piperidine rings is 1. The van der Waals surface area contributed by atoms with Gasteiger partial charge in [-0.1, -0.05) is 47.5 Å². The summed E-state index contributed by atoms with van der Waals surface area (Å²) < 4.78 is 14.7. The van der Waals surface area contributed by atoms with Crippen molar-refractivity contribution >= 4 is 40.5 Å². The molecule has 5 rings (SSSR count). The molecular weight excluding hydrogens is 434 g/mol. The number of carbonyl (C=O) groups is 1. The summed E-state index contributed by atoms with van der Waals surface area (Å²) in [5, 5.41) is 4.54. The Morgan fingerprint density at radius 3 is 2.39 bits per heavy atom. The fourth-order valence-corrected chi connectivity index (χ4v) is 5.78. The van der Waals surface area contributed by atoms with Gasteiger partial charge in [0.1, 0.15) is 28.6 Å². The average Bonchev–Trinajstić information content (AvgIpc) is 3.04. The van der Waals surface area contributed by atoms with Crippen LogP contribution < -0.4 is 9.80 Å². The predicted octanol–water partition coefficient (Wildman–Crippen LogP) is 6.25. The van der Waals surface area contributed by atoms with Crippen LogP contribution in [0.5, 0.6) is 0 Å². The molecule has 1 atom stereocenters. The van der Waals surface area contributed by atoms with Crippen LogP contribution in [0.3, 0.4) is 0 Å². The SMILES string of the molecule is O=C(c1ccccc1F)[N+]1(c2ccccc2Cl)CC2(CCNCC2)c2cc(Cl)ccc21. The molecular formula is C25H22Cl2FN2O+. The molecule has 1 spiro atoms. The molecule has 1 unspecified atom stereocenters. The van der Waals surface area contributed by atoms with Crippen molar-refractivity contribution in [3.63, 3.8) is 0 Å². The molecule has 3 aromatic carbocycles. The molecule has 2 aliphatic rings. The molecule has 0 aromatic heterocycles. The molecule has 158 valence electrons. The molecule has 3 nitrogen and oxygen atoms in total. The summed E-state index contributed by atoms with van der Waals surface area (Å²) in [6.45, 7) is 2.19. The van der Waals surface area contributed by atoms with E-state index in [1.54, 1.807) is 30.3 Å². The first-order valence-electron chi connectivity index (χ1n) is 10.4.